The van der Waals surface area contributed by atoms with Gasteiger partial charge in [-0.3, -0.25) is 14.4 Å². The first-order valence-electron chi connectivity index (χ1n) is 9.40. The lowest BCUT2D eigenvalue weighted by Crippen LogP contribution is -2.38. The highest BCUT2D eigenvalue weighted by atomic mass is 79.9. The van der Waals surface area contributed by atoms with E-state index in [-0.39, 0.29) is 4.90 Å². The van der Waals surface area contributed by atoms with Gasteiger partial charge in [0.15, 0.2) is 4.34 Å². The molecular weight excluding hydrogens is 520 g/mol. The maximum absolute atomic E-state index is 13.3. The van der Waals surface area contributed by atoms with Crippen molar-refractivity contribution >= 4 is 65.8 Å². The zero-order chi connectivity index (χ0) is 22.4. The van der Waals surface area contributed by atoms with E-state index < -0.39 is 22.5 Å². The van der Waals surface area contributed by atoms with Gasteiger partial charge in [0.25, 0.3) is 10.0 Å². The summed E-state index contributed by atoms with van der Waals surface area (Å²) in [5, 5.41) is 11.0. The number of nitrogens with one attached hydrogen (secondary N) is 1. The second kappa shape index (κ2) is 10.6. The summed E-state index contributed by atoms with van der Waals surface area (Å²) < 4.78 is 29.3. The molecule has 1 heterocycles. The fourth-order valence-corrected chi connectivity index (χ4v) is 5.94. The number of anilines is 2. The quantitative estimate of drug-likeness (QED) is 0.305. The summed E-state index contributed by atoms with van der Waals surface area (Å²) >= 11 is 6.18. The van der Waals surface area contributed by atoms with E-state index in [2.05, 4.69) is 38.4 Å². The van der Waals surface area contributed by atoms with Crippen molar-refractivity contribution in [1.29, 1.82) is 0 Å². The molecule has 0 aliphatic heterocycles. The number of carbonyl (C=O) groups excluding carboxylic acids is 1. The molecule has 1 N–H and O–H groups in total. The average molecular weight is 542 g/mol. The van der Waals surface area contributed by atoms with Crippen LogP contribution in [0.15, 0.2) is 62.2 Å². The van der Waals surface area contributed by atoms with Crippen LogP contribution < -0.4 is 9.62 Å². The number of aryl methyl sites for hydroxylation is 1. The molecule has 0 saturated heterocycles. The number of benzene rings is 2. The first-order chi connectivity index (χ1) is 14.8. The van der Waals surface area contributed by atoms with Crippen molar-refractivity contribution in [3.8, 4) is 0 Å². The van der Waals surface area contributed by atoms with Gasteiger partial charge in [0.05, 0.1) is 10.6 Å². The number of hydrogen-bond acceptors (Lipinski definition) is 7. The van der Waals surface area contributed by atoms with Crippen molar-refractivity contribution in [3.63, 3.8) is 0 Å². The van der Waals surface area contributed by atoms with E-state index in [0.717, 1.165) is 30.9 Å². The molecule has 0 aliphatic carbocycles. The molecular formula is C20H21BrN4O3S3. The van der Waals surface area contributed by atoms with E-state index in [9.17, 15) is 13.2 Å². The van der Waals surface area contributed by atoms with Crippen LogP contribution in [0.2, 0.25) is 0 Å². The van der Waals surface area contributed by atoms with Crippen LogP contribution in [0.5, 0.6) is 0 Å². The largest absolute Gasteiger partial charge is 0.299 e. The number of aromatic nitrogens is 2. The molecule has 3 rings (SSSR count). The predicted octanol–water partition coefficient (Wildman–Crippen LogP) is 4.95. The Labute approximate surface area is 198 Å². The number of hydrogen-bond donors (Lipinski definition) is 1. The topological polar surface area (TPSA) is 92.3 Å². The minimum Gasteiger partial charge on any atom is -0.299 e. The van der Waals surface area contributed by atoms with Crippen LogP contribution in [0.1, 0.15) is 18.9 Å². The van der Waals surface area contributed by atoms with Crippen molar-refractivity contribution < 1.29 is 13.2 Å². The molecule has 0 aliphatic rings. The molecule has 2 aromatic carbocycles. The number of thioether (sulfide) groups is 1. The van der Waals surface area contributed by atoms with Gasteiger partial charge in [0.2, 0.25) is 11.0 Å². The third-order valence-electron chi connectivity index (χ3n) is 4.09. The number of rotatable bonds is 9. The summed E-state index contributed by atoms with van der Waals surface area (Å²) in [4.78, 5) is 12.8. The number of nitrogens with zero attached hydrogens (tertiary/aromatic N) is 3. The van der Waals surface area contributed by atoms with Gasteiger partial charge < -0.3 is 0 Å². The highest BCUT2D eigenvalue weighted by Gasteiger charge is 2.27. The van der Waals surface area contributed by atoms with Gasteiger partial charge in [-0.15, -0.1) is 10.2 Å². The summed E-state index contributed by atoms with van der Waals surface area (Å²) in [6, 6.07) is 13.3. The van der Waals surface area contributed by atoms with Gasteiger partial charge in [-0.25, -0.2) is 8.42 Å². The lowest BCUT2D eigenvalue weighted by atomic mass is 10.2. The lowest BCUT2D eigenvalue weighted by Gasteiger charge is -2.24. The van der Waals surface area contributed by atoms with Crippen LogP contribution >= 0.6 is 39.0 Å². The Balaban J connectivity index is 1.84. The van der Waals surface area contributed by atoms with E-state index in [1.165, 1.54) is 23.5 Å². The van der Waals surface area contributed by atoms with Crippen LogP contribution in [0, 0.1) is 6.92 Å². The highest BCUT2D eigenvalue weighted by molar-refractivity contribution is 9.10. The summed E-state index contributed by atoms with van der Waals surface area (Å²) in [6.07, 6.45) is 1.00. The fourth-order valence-electron chi connectivity index (χ4n) is 2.56. The Kier molecular flexibility index (Phi) is 8.09. The zero-order valence-corrected chi connectivity index (χ0v) is 20.9. The monoisotopic (exact) mass is 540 g/mol. The summed E-state index contributed by atoms with van der Waals surface area (Å²) in [7, 11) is -3.96. The molecule has 3 aromatic rings. The molecule has 31 heavy (non-hydrogen) atoms. The zero-order valence-electron chi connectivity index (χ0n) is 16.9. The molecule has 0 saturated carbocycles. The molecule has 11 heteroatoms. The minimum atomic E-state index is -3.96. The van der Waals surface area contributed by atoms with E-state index >= 15 is 0 Å². The average Bonchev–Trinajstić information content (AvgIpc) is 3.18. The van der Waals surface area contributed by atoms with Gasteiger partial charge in [-0.2, -0.15) is 0 Å². The van der Waals surface area contributed by atoms with Crippen LogP contribution in [0.25, 0.3) is 0 Å². The molecule has 0 bridgehead atoms. The molecule has 1 aromatic heterocycles. The molecule has 1 amide bonds. The number of sulfonamides is 1. The van der Waals surface area contributed by atoms with Gasteiger partial charge in [0, 0.05) is 10.2 Å². The number of carbonyl (C=O) groups is 1. The Morgan fingerprint density at radius 2 is 1.81 bits per heavy atom. The molecule has 0 atom stereocenters. The van der Waals surface area contributed by atoms with Crippen LogP contribution in [0.3, 0.4) is 0 Å². The Morgan fingerprint density at radius 1 is 1.13 bits per heavy atom. The van der Waals surface area contributed by atoms with Crippen molar-refractivity contribution in [2.45, 2.75) is 29.5 Å². The smallest absolute Gasteiger partial charge is 0.264 e. The predicted molar refractivity (Wildman–Crippen MR) is 129 cm³/mol. The summed E-state index contributed by atoms with van der Waals surface area (Å²) in [5.74, 6) is 0.413. The van der Waals surface area contributed by atoms with Gasteiger partial charge in [-0.05, 0) is 49.7 Å². The SMILES string of the molecule is CCCSc1nnc(NC(=O)CN(c2ccc(Br)cc2)S(=O)(=O)c2ccc(C)cc2)s1. The molecule has 0 fully saturated rings. The normalized spacial score (nSPS) is 11.3. The number of halogens is 1. The van der Waals surface area contributed by atoms with Crippen LogP contribution in [-0.4, -0.2) is 36.8 Å². The highest BCUT2D eigenvalue weighted by Crippen LogP contribution is 2.27. The van der Waals surface area contributed by atoms with Crippen molar-refractivity contribution in [2.24, 2.45) is 0 Å². The Morgan fingerprint density at radius 3 is 2.45 bits per heavy atom. The Bertz CT molecular complexity index is 1130. The molecule has 0 spiro atoms. The van der Waals surface area contributed by atoms with Crippen LogP contribution in [-0.2, 0) is 14.8 Å². The van der Waals surface area contributed by atoms with Crippen molar-refractivity contribution in [3.05, 3.63) is 58.6 Å². The maximum atomic E-state index is 13.3. The molecule has 0 unspecified atom stereocenters. The standard InChI is InChI=1S/C20H21BrN4O3S3/c1-3-12-29-20-24-23-19(30-20)22-18(26)13-25(16-8-6-15(21)7-9-16)31(27,28)17-10-4-14(2)5-11-17/h4-11H,3,12-13H2,1-2H3,(H,22,23,26). The second-order valence-electron chi connectivity index (χ2n) is 6.57. The third-order valence-corrected chi connectivity index (χ3v) is 8.59. The van der Waals surface area contributed by atoms with E-state index in [1.54, 1.807) is 48.2 Å². The van der Waals surface area contributed by atoms with E-state index in [0.29, 0.717) is 10.8 Å². The first-order valence-corrected chi connectivity index (χ1v) is 13.4. The molecule has 0 radical (unpaired) electrons. The third kappa shape index (κ3) is 6.28. The van der Waals surface area contributed by atoms with Crippen molar-refractivity contribution in [1.82, 2.24) is 10.2 Å². The minimum absolute atomic E-state index is 0.114. The second-order valence-corrected chi connectivity index (χ2v) is 11.7. The van der Waals surface area contributed by atoms with E-state index in [1.807, 2.05) is 6.92 Å². The maximum Gasteiger partial charge on any atom is 0.264 e. The summed E-state index contributed by atoms with van der Waals surface area (Å²) in [6.45, 7) is 3.56. The first kappa shape index (κ1) is 23.7. The van der Waals surface area contributed by atoms with Gasteiger partial charge in [0.1, 0.15) is 6.54 Å². The van der Waals surface area contributed by atoms with Gasteiger partial charge in [-0.1, -0.05) is 63.6 Å². The van der Waals surface area contributed by atoms with Crippen molar-refractivity contribution in [2.75, 3.05) is 21.9 Å². The number of amides is 1. The van der Waals surface area contributed by atoms with Gasteiger partial charge >= 0.3 is 0 Å². The fraction of sp³-hybridized carbons (Fsp3) is 0.250. The van der Waals surface area contributed by atoms with E-state index in [4.69, 9.17) is 0 Å². The molecule has 164 valence electrons. The van der Waals surface area contributed by atoms with Crippen LogP contribution in [0.4, 0.5) is 10.8 Å². The Hall–Kier alpha value is -1.95. The molecule has 7 nitrogen and oxygen atoms in total. The lowest BCUT2D eigenvalue weighted by molar-refractivity contribution is -0.114. The summed E-state index contributed by atoms with van der Waals surface area (Å²) in [5.41, 5.74) is 1.33.